The topological polar surface area (TPSA) is 31.6 Å². The van der Waals surface area contributed by atoms with Gasteiger partial charge in [-0.25, -0.2) is 0 Å². The van der Waals surface area contributed by atoms with Crippen molar-refractivity contribution in [3.63, 3.8) is 0 Å². The van der Waals surface area contributed by atoms with Gasteiger partial charge in [-0.05, 0) is 62.1 Å². The van der Waals surface area contributed by atoms with Crippen molar-refractivity contribution in [3.05, 3.63) is 42.7 Å². The van der Waals surface area contributed by atoms with Gasteiger partial charge in [0.15, 0.2) is 0 Å². The van der Waals surface area contributed by atoms with Crippen LogP contribution in [0.25, 0.3) is 21.7 Å². The molecule has 2 aromatic carbocycles. The lowest BCUT2D eigenvalue weighted by Crippen LogP contribution is -2.41. The van der Waals surface area contributed by atoms with Crippen molar-refractivity contribution in [2.75, 3.05) is 0 Å². The van der Waals surface area contributed by atoms with Gasteiger partial charge in [0.2, 0.25) is 0 Å². The Morgan fingerprint density at radius 2 is 1.50 bits per heavy atom. The summed E-state index contributed by atoms with van der Waals surface area (Å²) in [6.45, 7) is 8.28. The van der Waals surface area contributed by atoms with Gasteiger partial charge in [-0.3, -0.25) is 0 Å². The number of hydrogen-bond acceptors (Lipinski definition) is 3. The van der Waals surface area contributed by atoms with E-state index in [9.17, 15) is 0 Å². The Hall–Kier alpha value is -1.78. The van der Waals surface area contributed by atoms with E-state index in [0.717, 1.165) is 21.8 Å². The summed E-state index contributed by atoms with van der Waals surface area (Å²) in [5.41, 5.74) is 1.30. The second-order valence-corrected chi connectivity index (χ2v) is 7.01. The molecule has 4 heteroatoms. The summed E-state index contributed by atoms with van der Waals surface area (Å²) in [5.74, 6) is 0. The normalized spacial score (nSPS) is 20.1. The molecule has 2 heterocycles. The Balaban J connectivity index is 1.78. The molecule has 0 aliphatic carbocycles. The molecule has 3 nitrogen and oxygen atoms in total. The van der Waals surface area contributed by atoms with Crippen molar-refractivity contribution in [1.82, 2.24) is 0 Å². The molecule has 1 fully saturated rings. The van der Waals surface area contributed by atoms with E-state index in [1.807, 2.05) is 6.07 Å². The lowest BCUT2D eigenvalue weighted by molar-refractivity contribution is 0.00578. The van der Waals surface area contributed by atoms with E-state index in [0.29, 0.717) is 0 Å². The zero-order valence-electron chi connectivity index (χ0n) is 13.3. The molecule has 22 heavy (non-hydrogen) atoms. The van der Waals surface area contributed by atoms with Gasteiger partial charge >= 0.3 is 7.12 Å². The maximum Gasteiger partial charge on any atom is 0.494 e. The van der Waals surface area contributed by atoms with E-state index in [1.165, 1.54) is 5.39 Å². The van der Waals surface area contributed by atoms with E-state index < -0.39 is 0 Å². The number of fused-ring (bicyclic) bond motifs is 2. The third kappa shape index (κ3) is 1.98. The van der Waals surface area contributed by atoms with Gasteiger partial charge in [-0.15, -0.1) is 0 Å². The molecule has 0 radical (unpaired) electrons. The summed E-state index contributed by atoms with van der Waals surface area (Å²) in [7, 11) is -0.332. The van der Waals surface area contributed by atoms with Crippen LogP contribution < -0.4 is 5.46 Å². The molecule has 112 valence electrons. The molecular weight excluding hydrogens is 275 g/mol. The summed E-state index contributed by atoms with van der Waals surface area (Å²) in [6.07, 6.45) is 1.72. The number of hydrogen-bond donors (Lipinski definition) is 0. The van der Waals surface area contributed by atoms with Crippen LogP contribution in [0, 0.1) is 0 Å². The Kier molecular flexibility index (Phi) is 2.75. The van der Waals surface area contributed by atoms with Crippen molar-refractivity contribution in [2.24, 2.45) is 0 Å². The Bertz CT molecular complexity index is 847. The third-order valence-electron chi connectivity index (χ3n) is 4.96. The van der Waals surface area contributed by atoms with Crippen LogP contribution in [0.2, 0.25) is 0 Å². The summed E-state index contributed by atoms with van der Waals surface area (Å²) in [5, 5.41) is 3.44. The number of rotatable bonds is 1. The summed E-state index contributed by atoms with van der Waals surface area (Å²) < 4.78 is 17.7. The molecule has 1 aromatic heterocycles. The summed E-state index contributed by atoms with van der Waals surface area (Å²) >= 11 is 0. The highest BCUT2D eigenvalue weighted by molar-refractivity contribution is 6.62. The molecule has 0 amide bonds. The van der Waals surface area contributed by atoms with Gasteiger partial charge in [0.05, 0.1) is 17.5 Å². The molecule has 0 bridgehead atoms. The van der Waals surface area contributed by atoms with Gasteiger partial charge < -0.3 is 13.7 Å². The van der Waals surface area contributed by atoms with E-state index >= 15 is 0 Å². The smallest absolute Gasteiger partial charge is 0.464 e. The van der Waals surface area contributed by atoms with Crippen molar-refractivity contribution in [2.45, 2.75) is 38.9 Å². The molecular formula is C18H19BO3. The second kappa shape index (κ2) is 4.37. The minimum Gasteiger partial charge on any atom is -0.464 e. The number of furan rings is 1. The fraction of sp³-hybridized carbons (Fsp3) is 0.333. The third-order valence-corrected chi connectivity index (χ3v) is 4.96. The van der Waals surface area contributed by atoms with Gasteiger partial charge in [-0.1, -0.05) is 18.2 Å². The molecule has 1 aliphatic heterocycles. The van der Waals surface area contributed by atoms with E-state index in [4.69, 9.17) is 13.7 Å². The van der Waals surface area contributed by atoms with Gasteiger partial charge in [0, 0.05) is 5.39 Å². The first kappa shape index (κ1) is 13.9. The minimum atomic E-state index is -0.332. The zero-order chi connectivity index (χ0) is 15.5. The maximum atomic E-state index is 6.13. The average molecular weight is 294 g/mol. The quantitative estimate of drug-likeness (QED) is 0.638. The Morgan fingerprint density at radius 1 is 0.773 bits per heavy atom. The van der Waals surface area contributed by atoms with Gasteiger partial charge in [0.25, 0.3) is 0 Å². The monoisotopic (exact) mass is 294 g/mol. The van der Waals surface area contributed by atoms with Gasteiger partial charge in [-0.2, -0.15) is 0 Å². The zero-order valence-corrected chi connectivity index (χ0v) is 13.3. The standard InChI is InChI=1S/C18H19BO3/c1-17(2)18(3,4)22-19(21-17)15-6-5-12-9-13-7-8-20-16(13)11-14(12)10-15/h5-11H,1-4H3. The van der Waals surface area contributed by atoms with Crippen molar-refractivity contribution >= 4 is 34.3 Å². The predicted molar refractivity (Wildman–Crippen MR) is 89.4 cm³/mol. The van der Waals surface area contributed by atoms with E-state index in [-0.39, 0.29) is 18.3 Å². The highest BCUT2D eigenvalue weighted by Crippen LogP contribution is 2.36. The summed E-state index contributed by atoms with van der Waals surface area (Å²) in [4.78, 5) is 0. The fourth-order valence-electron chi connectivity index (χ4n) is 2.85. The molecule has 0 unspecified atom stereocenters. The molecule has 1 aliphatic rings. The van der Waals surface area contributed by atoms with Crippen LogP contribution in [0.5, 0.6) is 0 Å². The van der Waals surface area contributed by atoms with Crippen molar-refractivity contribution in [3.8, 4) is 0 Å². The Labute approximate surface area is 130 Å². The largest absolute Gasteiger partial charge is 0.494 e. The molecule has 0 N–H and O–H groups in total. The van der Waals surface area contributed by atoms with Crippen LogP contribution in [0.15, 0.2) is 47.1 Å². The lowest BCUT2D eigenvalue weighted by Gasteiger charge is -2.32. The van der Waals surface area contributed by atoms with E-state index in [1.54, 1.807) is 6.26 Å². The van der Waals surface area contributed by atoms with Crippen LogP contribution in [0.4, 0.5) is 0 Å². The molecule has 0 spiro atoms. The van der Waals surface area contributed by atoms with Gasteiger partial charge in [0.1, 0.15) is 5.58 Å². The van der Waals surface area contributed by atoms with Crippen LogP contribution in [0.1, 0.15) is 27.7 Å². The molecule has 0 saturated carbocycles. The molecule has 4 rings (SSSR count). The minimum absolute atomic E-state index is 0.322. The van der Waals surface area contributed by atoms with Crippen LogP contribution in [-0.2, 0) is 9.31 Å². The van der Waals surface area contributed by atoms with Crippen LogP contribution in [0.3, 0.4) is 0 Å². The highest BCUT2D eigenvalue weighted by atomic mass is 16.7. The maximum absolute atomic E-state index is 6.13. The first-order valence-corrected chi connectivity index (χ1v) is 7.62. The van der Waals surface area contributed by atoms with Crippen LogP contribution in [-0.4, -0.2) is 18.3 Å². The SMILES string of the molecule is CC1(C)OB(c2ccc3cc4ccoc4cc3c2)OC1(C)C. The van der Waals surface area contributed by atoms with Crippen molar-refractivity contribution in [1.29, 1.82) is 0 Å². The summed E-state index contributed by atoms with van der Waals surface area (Å²) in [6, 6.07) is 12.5. The molecule has 0 atom stereocenters. The molecule has 1 saturated heterocycles. The first-order valence-electron chi connectivity index (χ1n) is 7.62. The molecule has 3 aromatic rings. The first-order chi connectivity index (χ1) is 10.4. The lowest BCUT2D eigenvalue weighted by atomic mass is 9.78. The average Bonchev–Trinajstić information content (AvgIpc) is 2.97. The number of benzene rings is 2. The van der Waals surface area contributed by atoms with Crippen LogP contribution >= 0.6 is 0 Å². The highest BCUT2D eigenvalue weighted by Gasteiger charge is 2.51. The predicted octanol–water partition coefficient (Wildman–Crippen LogP) is 3.89. The second-order valence-electron chi connectivity index (χ2n) is 7.01. The van der Waals surface area contributed by atoms with Crippen molar-refractivity contribution < 1.29 is 13.7 Å². The fourth-order valence-corrected chi connectivity index (χ4v) is 2.85. The Morgan fingerprint density at radius 3 is 2.23 bits per heavy atom. The van der Waals surface area contributed by atoms with E-state index in [2.05, 4.69) is 58.0 Å².